The zero-order valence-corrected chi connectivity index (χ0v) is 22.8. The number of morpholine rings is 1. The number of hydrogen-bond acceptors (Lipinski definition) is 5. The van der Waals surface area contributed by atoms with Gasteiger partial charge in [-0.25, -0.2) is 9.37 Å². The lowest BCUT2D eigenvalue weighted by atomic mass is 9.85. The molecule has 1 N–H and O–H groups in total. The predicted molar refractivity (Wildman–Crippen MR) is 149 cm³/mol. The zero-order chi connectivity index (χ0) is 27.9. The topological polar surface area (TPSA) is 89.6 Å². The van der Waals surface area contributed by atoms with Crippen LogP contribution in [-0.4, -0.2) is 51.5 Å². The van der Waals surface area contributed by atoms with Crippen molar-refractivity contribution >= 4 is 34.3 Å². The molecule has 0 bridgehead atoms. The number of ether oxygens (including phenoxy) is 1. The maximum Gasteiger partial charge on any atom is 0.311 e. The summed E-state index contributed by atoms with van der Waals surface area (Å²) < 4.78 is 23.2. The average molecular weight is 553 g/mol. The lowest BCUT2D eigenvalue weighted by molar-refractivity contribution is -0.149. The third kappa shape index (κ3) is 5.04. The van der Waals surface area contributed by atoms with E-state index in [0.717, 1.165) is 29.7 Å². The first-order chi connectivity index (χ1) is 18.6. The van der Waals surface area contributed by atoms with Gasteiger partial charge in [0.05, 0.1) is 42.1 Å². The molecule has 0 spiro atoms. The van der Waals surface area contributed by atoms with E-state index in [0.29, 0.717) is 30.0 Å². The molecule has 5 rings (SSSR count). The van der Waals surface area contributed by atoms with Gasteiger partial charge in [-0.15, -0.1) is 0 Å². The average Bonchev–Trinajstić information content (AvgIpc) is 3.31. The number of aliphatic carboxylic acids is 1. The van der Waals surface area contributed by atoms with Gasteiger partial charge in [0.15, 0.2) is 0 Å². The molecule has 1 saturated heterocycles. The van der Waals surface area contributed by atoms with Gasteiger partial charge in [0, 0.05) is 54.1 Å². The van der Waals surface area contributed by atoms with Crippen LogP contribution in [0.25, 0.3) is 22.2 Å². The molecule has 1 aliphatic heterocycles. The molecule has 1 aliphatic rings. The lowest BCUT2D eigenvalue weighted by Crippen LogP contribution is -2.36. The maximum atomic E-state index is 14.4. The monoisotopic (exact) mass is 552 g/mol. The number of carboxylic acid groups (broad SMARTS) is 1. The summed E-state index contributed by atoms with van der Waals surface area (Å²) in [7, 11) is 0. The number of halogens is 2. The molecule has 4 aromatic rings. The van der Waals surface area contributed by atoms with Gasteiger partial charge in [-0.1, -0.05) is 23.7 Å². The predicted octanol–water partition coefficient (Wildman–Crippen LogP) is 5.21. The third-order valence-electron chi connectivity index (χ3n) is 7.72. The highest BCUT2D eigenvalue weighted by Gasteiger charge is 2.36. The second kappa shape index (κ2) is 10.5. The fraction of sp³-hybridized carbons (Fsp3) is 0.345. The van der Waals surface area contributed by atoms with E-state index in [1.165, 1.54) is 16.7 Å². The number of carbonyl (C=O) groups is 1. The minimum absolute atomic E-state index is 0.00644. The Kier molecular flexibility index (Phi) is 7.22. The molecule has 10 heteroatoms. The van der Waals surface area contributed by atoms with E-state index < -0.39 is 23.2 Å². The Morgan fingerprint density at radius 3 is 2.67 bits per heavy atom. The van der Waals surface area contributed by atoms with Crippen LogP contribution in [0.1, 0.15) is 32.4 Å². The molecule has 1 atom stereocenters. The number of nitrogens with zero attached hydrogens (tertiary/aromatic N) is 4. The largest absolute Gasteiger partial charge is 0.481 e. The van der Waals surface area contributed by atoms with Crippen molar-refractivity contribution in [2.24, 2.45) is 5.41 Å². The van der Waals surface area contributed by atoms with E-state index in [-0.39, 0.29) is 17.1 Å². The van der Waals surface area contributed by atoms with Crippen molar-refractivity contribution < 1.29 is 19.0 Å². The summed E-state index contributed by atoms with van der Waals surface area (Å²) in [5.41, 5.74) is 1.93. The number of carboxylic acids is 1. The number of fused-ring (bicyclic) bond motifs is 1. The minimum Gasteiger partial charge on any atom is -0.481 e. The Labute approximate surface area is 230 Å². The SMILES string of the molecule is CC(n1cc(-c2ccn(Cc3cccc(Cl)c3F)c(=O)c2)c2cc(N3CCOCC3)cnc21)C(C)(C)C(=O)O. The van der Waals surface area contributed by atoms with Crippen molar-refractivity contribution in [2.75, 3.05) is 31.2 Å². The number of pyridine rings is 2. The van der Waals surface area contributed by atoms with E-state index in [9.17, 15) is 19.1 Å². The van der Waals surface area contributed by atoms with Crippen molar-refractivity contribution in [3.8, 4) is 11.1 Å². The lowest BCUT2D eigenvalue weighted by Gasteiger charge is -2.29. The van der Waals surface area contributed by atoms with Crippen LogP contribution in [0.15, 0.2) is 59.8 Å². The molecule has 0 aliphatic carbocycles. The van der Waals surface area contributed by atoms with Crippen LogP contribution in [0.3, 0.4) is 0 Å². The van der Waals surface area contributed by atoms with Crippen LogP contribution in [-0.2, 0) is 16.1 Å². The van der Waals surface area contributed by atoms with Gasteiger partial charge in [-0.2, -0.15) is 0 Å². The number of anilines is 1. The van der Waals surface area contributed by atoms with Crippen LogP contribution in [0.2, 0.25) is 5.02 Å². The minimum atomic E-state index is -1.07. The van der Waals surface area contributed by atoms with E-state index in [2.05, 4.69) is 4.90 Å². The molecule has 1 unspecified atom stereocenters. The molecule has 204 valence electrons. The Bertz CT molecular complexity index is 1610. The van der Waals surface area contributed by atoms with Crippen LogP contribution in [0, 0.1) is 11.2 Å². The zero-order valence-electron chi connectivity index (χ0n) is 22.0. The number of benzene rings is 1. The fourth-order valence-electron chi connectivity index (χ4n) is 4.83. The van der Waals surface area contributed by atoms with Crippen molar-refractivity contribution in [3.63, 3.8) is 0 Å². The van der Waals surface area contributed by atoms with Crippen LogP contribution >= 0.6 is 11.6 Å². The highest BCUT2D eigenvalue weighted by atomic mass is 35.5. The first-order valence-corrected chi connectivity index (χ1v) is 13.2. The van der Waals surface area contributed by atoms with Crippen LogP contribution in [0.4, 0.5) is 10.1 Å². The molecule has 4 heterocycles. The van der Waals surface area contributed by atoms with E-state index in [4.69, 9.17) is 21.3 Å². The van der Waals surface area contributed by atoms with Gasteiger partial charge in [-0.3, -0.25) is 9.59 Å². The van der Waals surface area contributed by atoms with Gasteiger partial charge in [0.25, 0.3) is 5.56 Å². The number of hydrogen-bond donors (Lipinski definition) is 1. The molecule has 0 amide bonds. The molecular formula is C29H30ClFN4O4. The Morgan fingerprint density at radius 1 is 1.23 bits per heavy atom. The first kappa shape index (κ1) is 26.9. The molecule has 1 fully saturated rings. The maximum absolute atomic E-state index is 14.4. The fourth-order valence-corrected chi connectivity index (χ4v) is 5.02. The van der Waals surface area contributed by atoms with Gasteiger partial charge in [0.1, 0.15) is 11.5 Å². The normalized spacial score (nSPS) is 15.1. The molecule has 39 heavy (non-hydrogen) atoms. The molecule has 8 nitrogen and oxygen atoms in total. The second-order valence-corrected chi connectivity index (χ2v) is 10.8. The highest BCUT2D eigenvalue weighted by Crippen LogP contribution is 2.38. The molecular weight excluding hydrogens is 523 g/mol. The Hall–Kier alpha value is -3.69. The second-order valence-electron chi connectivity index (χ2n) is 10.4. The summed E-state index contributed by atoms with van der Waals surface area (Å²) in [6.07, 6.45) is 5.29. The van der Waals surface area contributed by atoms with E-state index in [1.807, 2.05) is 23.8 Å². The summed E-state index contributed by atoms with van der Waals surface area (Å²) in [5, 5.41) is 10.7. The van der Waals surface area contributed by atoms with E-state index >= 15 is 0 Å². The standard InChI is InChI=1S/C29H30ClFN4O4/c1-18(29(2,3)28(37)38)35-17-23(22-14-21(15-32-27(22)35)33-9-11-39-12-10-33)19-7-8-34(25(36)13-19)16-20-5-4-6-24(30)26(20)31/h4-8,13-15,17-18H,9-12,16H2,1-3H3,(H,37,38). The Morgan fingerprint density at radius 2 is 1.97 bits per heavy atom. The van der Waals surface area contributed by atoms with Gasteiger partial charge < -0.3 is 23.9 Å². The summed E-state index contributed by atoms with van der Waals surface area (Å²) in [4.78, 5) is 32.1. The Balaban J connectivity index is 1.61. The molecule has 1 aromatic carbocycles. The summed E-state index contributed by atoms with van der Waals surface area (Å²) in [5.74, 6) is -1.46. The van der Waals surface area contributed by atoms with E-state index in [1.54, 1.807) is 44.4 Å². The van der Waals surface area contributed by atoms with Gasteiger partial charge in [0.2, 0.25) is 0 Å². The quantitative estimate of drug-likeness (QED) is 0.338. The molecule has 0 radical (unpaired) electrons. The van der Waals surface area contributed by atoms with Gasteiger partial charge >= 0.3 is 5.97 Å². The van der Waals surface area contributed by atoms with Crippen molar-refractivity contribution in [2.45, 2.75) is 33.4 Å². The smallest absolute Gasteiger partial charge is 0.311 e. The summed E-state index contributed by atoms with van der Waals surface area (Å²) in [6, 6.07) is 9.63. The van der Waals surface area contributed by atoms with Gasteiger partial charge in [-0.05, 0) is 44.5 Å². The third-order valence-corrected chi connectivity index (χ3v) is 8.02. The van der Waals surface area contributed by atoms with Crippen molar-refractivity contribution in [1.29, 1.82) is 0 Å². The summed E-state index contributed by atoms with van der Waals surface area (Å²) >= 11 is 5.91. The van der Waals surface area contributed by atoms with Crippen LogP contribution < -0.4 is 10.5 Å². The van der Waals surface area contributed by atoms with Crippen molar-refractivity contribution in [1.82, 2.24) is 14.1 Å². The summed E-state index contributed by atoms with van der Waals surface area (Å²) in [6.45, 7) is 7.99. The molecule has 0 saturated carbocycles. The molecule has 3 aromatic heterocycles. The number of aromatic nitrogens is 3. The highest BCUT2D eigenvalue weighted by molar-refractivity contribution is 6.30. The van der Waals surface area contributed by atoms with Crippen molar-refractivity contribution in [3.05, 3.63) is 81.7 Å². The number of rotatable bonds is 7. The first-order valence-electron chi connectivity index (χ1n) is 12.8. The van der Waals surface area contributed by atoms with Crippen LogP contribution in [0.5, 0.6) is 0 Å².